The van der Waals surface area contributed by atoms with Gasteiger partial charge in [-0.25, -0.2) is 0 Å². The van der Waals surface area contributed by atoms with Gasteiger partial charge in [0.15, 0.2) is 0 Å². The van der Waals surface area contributed by atoms with E-state index in [1.807, 2.05) is 50.2 Å². The van der Waals surface area contributed by atoms with Crippen molar-refractivity contribution < 1.29 is 9.59 Å². The quantitative estimate of drug-likeness (QED) is 0.226. The minimum Gasteiger partial charge on any atom is -0.354 e. The first-order valence-electron chi connectivity index (χ1n) is 12.2. The van der Waals surface area contributed by atoms with Crippen molar-refractivity contribution in [3.63, 3.8) is 0 Å². The van der Waals surface area contributed by atoms with E-state index in [0.29, 0.717) is 44.4 Å². The van der Waals surface area contributed by atoms with Gasteiger partial charge in [0.2, 0.25) is 11.8 Å². The van der Waals surface area contributed by atoms with Crippen molar-refractivity contribution >= 4 is 70.0 Å². The molecule has 0 bridgehead atoms. The van der Waals surface area contributed by atoms with Gasteiger partial charge in [-0.3, -0.25) is 9.59 Å². The summed E-state index contributed by atoms with van der Waals surface area (Å²) in [5, 5.41) is 4.85. The summed E-state index contributed by atoms with van der Waals surface area (Å²) in [5.41, 5.74) is 2.51. The molecule has 0 aliphatic rings. The van der Waals surface area contributed by atoms with Crippen LogP contribution < -0.4 is 5.32 Å². The van der Waals surface area contributed by atoms with Crippen molar-refractivity contribution in [2.24, 2.45) is 5.92 Å². The number of carbonyl (C=O) groups excluding carboxylic acids is 2. The lowest BCUT2D eigenvalue weighted by atomic mass is 10.0. The zero-order chi connectivity index (χ0) is 27.7. The van der Waals surface area contributed by atoms with Gasteiger partial charge >= 0.3 is 0 Å². The molecule has 3 rings (SSSR count). The number of rotatable bonds is 12. The van der Waals surface area contributed by atoms with Crippen LogP contribution in [0.4, 0.5) is 0 Å². The standard InChI is InChI=1S/C29H30Cl4N2O2S/c1-19(2)15-34-29(37)27(14-20-7-4-3-5-8-20)35(16-22-23(30)9-6-10-24(22)31)28(36)18-38-17-21-11-12-25(32)26(33)13-21/h3-13,19,27H,14-18H2,1-2H3,(H,34,37)/t27-/m0/s1. The zero-order valence-electron chi connectivity index (χ0n) is 21.2. The van der Waals surface area contributed by atoms with Gasteiger partial charge in [-0.05, 0) is 41.3 Å². The Bertz CT molecular complexity index is 1220. The van der Waals surface area contributed by atoms with Crippen LogP contribution in [0.1, 0.15) is 30.5 Å². The number of amides is 2. The summed E-state index contributed by atoms with van der Waals surface area (Å²) >= 11 is 26.6. The van der Waals surface area contributed by atoms with Crippen molar-refractivity contribution in [3.05, 3.63) is 104 Å². The smallest absolute Gasteiger partial charge is 0.243 e. The lowest BCUT2D eigenvalue weighted by Gasteiger charge is -2.32. The van der Waals surface area contributed by atoms with Gasteiger partial charge in [0.25, 0.3) is 0 Å². The summed E-state index contributed by atoms with van der Waals surface area (Å²) in [6, 6.07) is 19.5. The number of nitrogens with one attached hydrogen (secondary N) is 1. The van der Waals surface area contributed by atoms with Crippen LogP contribution in [0.2, 0.25) is 20.1 Å². The highest BCUT2D eigenvalue weighted by atomic mass is 35.5. The molecule has 0 aromatic heterocycles. The summed E-state index contributed by atoms with van der Waals surface area (Å²) in [7, 11) is 0. The molecule has 0 spiro atoms. The molecule has 3 aromatic rings. The van der Waals surface area contributed by atoms with Crippen LogP contribution in [-0.2, 0) is 28.3 Å². The first kappa shape index (κ1) is 30.6. The van der Waals surface area contributed by atoms with Crippen molar-refractivity contribution in [3.8, 4) is 0 Å². The lowest BCUT2D eigenvalue weighted by Crippen LogP contribution is -2.51. The highest BCUT2D eigenvalue weighted by Crippen LogP contribution is 2.28. The van der Waals surface area contributed by atoms with E-state index in [4.69, 9.17) is 46.4 Å². The predicted molar refractivity (Wildman–Crippen MR) is 161 cm³/mol. The Balaban J connectivity index is 1.89. The van der Waals surface area contributed by atoms with Crippen LogP contribution in [0.3, 0.4) is 0 Å². The molecule has 0 aliphatic carbocycles. The van der Waals surface area contributed by atoms with Crippen LogP contribution in [-0.4, -0.2) is 35.1 Å². The lowest BCUT2D eigenvalue weighted by molar-refractivity contribution is -0.139. The van der Waals surface area contributed by atoms with Gasteiger partial charge in [0.1, 0.15) is 6.04 Å². The molecule has 202 valence electrons. The Labute approximate surface area is 249 Å². The van der Waals surface area contributed by atoms with Crippen molar-refractivity contribution in [2.75, 3.05) is 12.3 Å². The molecule has 3 aromatic carbocycles. The maximum Gasteiger partial charge on any atom is 0.243 e. The molecule has 4 nitrogen and oxygen atoms in total. The molecule has 0 aliphatic heterocycles. The number of carbonyl (C=O) groups is 2. The molecule has 0 saturated heterocycles. The number of hydrogen-bond donors (Lipinski definition) is 1. The van der Waals surface area contributed by atoms with E-state index >= 15 is 0 Å². The number of thioether (sulfide) groups is 1. The van der Waals surface area contributed by atoms with E-state index in [2.05, 4.69) is 5.32 Å². The fourth-order valence-electron chi connectivity index (χ4n) is 3.80. The van der Waals surface area contributed by atoms with E-state index in [0.717, 1.165) is 11.1 Å². The molecule has 9 heteroatoms. The van der Waals surface area contributed by atoms with Crippen LogP contribution >= 0.6 is 58.2 Å². The van der Waals surface area contributed by atoms with E-state index in [1.54, 1.807) is 35.2 Å². The van der Waals surface area contributed by atoms with Gasteiger partial charge < -0.3 is 10.2 Å². The van der Waals surface area contributed by atoms with Crippen LogP contribution in [0.25, 0.3) is 0 Å². The Morgan fingerprint density at radius 2 is 1.53 bits per heavy atom. The number of benzene rings is 3. The Hall–Kier alpha value is -1.89. The van der Waals surface area contributed by atoms with Crippen molar-refractivity contribution in [1.29, 1.82) is 0 Å². The molecule has 0 fully saturated rings. The molecule has 0 unspecified atom stereocenters. The van der Waals surface area contributed by atoms with Crippen molar-refractivity contribution in [2.45, 2.75) is 38.6 Å². The Morgan fingerprint density at radius 3 is 2.16 bits per heavy atom. The highest BCUT2D eigenvalue weighted by Gasteiger charge is 2.31. The summed E-state index contributed by atoms with van der Waals surface area (Å²) in [6.45, 7) is 4.67. The fraction of sp³-hybridized carbons (Fsp3) is 0.310. The normalized spacial score (nSPS) is 11.9. The number of nitrogens with zero attached hydrogens (tertiary/aromatic N) is 1. The second kappa shape index (κ2) is 15.0. The largest absolute Gasteiger partial charge is 0.354 e. The van der Waals surface area contributed by atoms with Crippen LogP contribution in [0, 0.1) is 5.92 Å². The second-order valence-corrected chi connectivity index (χ2v) is 11.9. The van der Waals surface area contributed by atoms with Gasteiger partial charge in [-0.1, -0.05) is 103 Å². The van der Waals surface area contributed by atoms with Crippen molar-refractivity contribution in [1.82, 2.24) is 10.2 Å². The number of halogens is 4. The molecule has 2 amide bonds. The molecule has 0 heterocycles. The summed E-state index contributed by atoms with van der Waals surface area (Å²) < 4.78 is 0. The average molecular weight is 612 g/mol. The summed E-state index contributed by atoms with van der Waals surface area (Å²) in [4.78, 5) is 28.9. The molecule has 1 atom stereocenters. The minimum atomic E-state index is -0.749. The van der Waals surface area contributed by atoms with E-state index in [9.17, 15) is 9.59 Å². The molecule has 1 N–H and O–H groups in total. The highest BCUT2D eigenvalue weighted by molar-refractivity contribution is 7.99. The van der Waals surface area contributed by atoms with E-state index in [1.165, 1.54) is 11.8 Å². The number of hydrogen-bond acceptors (Lipinski definition) is 3. The molecule has 0 saturated carbocycles. The van der Waals surface area contributed by atoms with E-state index in [-0.39, 0.29) is 30.0 Å². The van der Waals surface area contributed by atoms with Gasteiger partial charge in [-0.2, -0.15) is 0 Å². The fourth-order valence-corrected chi connectivity index (χ4v) is 5.49. The zero-order valence-corrected chi connectivity index (χ0v) is 25.1. The molecular weight excluding hydrogens is 582 g/mol. The maximum absolute atomic E-state index is 13.7. The van der Waals surface area contributed by atoms with E-state index < -0.39 is 6.04 Å². The maximum atomic E-state index is 13.7. The molecular formula is C29H30Cl4N2O2S. The SMILES string of the molecule is CC(C)CNC(=O)[C@H](Cc1ccccc1)N(Cc1c(Cl)cccc1Cl)C(=O)CSCc1ccc(Cl)c(Cl)c1. The monoisotopic (exact) mass is 610 g/mol. The van der Waals surface area contributed by atoms with Gasteiger partial charge in [0, 0.05) is 40.9 Å². The van der Waals surface area contributed by atoms with Gasteiger partial charge in [-0.15, -0.1) is 11.8 Å². The first-order valence-corrected chi connectivity index (χ1v) is 14.9. The third-order valence-corrected chi connectivity index (χ3v) is 8.26. The molecule has 38 heavy (non-hydrogen) atoms. The second-order valence-electron chi connectivity index (χ2n) is 9.31. The molecule has 0 radical (unpaired) electrons. The van der Waals surface area contributed by atoms with Crippen LogP contribution in [0.15, 0.2) is 66.7 Å². The van der Waals surface area contributed by atoms with Crippen LogP contribution in [0.5, 0.6) is 0 Å². The summed E-state index contributed by atoms with van der Waals surface area (Å²) in [6.07, 6.45) is 0.357. The Morgan fingerprint density at radius 1 is 0.842 bits per heavy atom. The Kier molecular flexibility index (Phi) is 12.1. The third-order valence-electron chi connectivity index (χ3n) is 5.82. The summed E-state index contributed by atoms with van der Waals surface area (Å²) in [5.74, 6) is 0.581. The third kappa shape index (κ3) is 9.10. The predicted octanol–water partition coefficient (Wildman–Crippen LogP) is 7.95. The minimum absolute atomic E-state index is 0.108. The topological polar surface area (TPSA) is 49.4 Å². The average Bonchev–Trinajstić information content (AvgIpc) is 2.88. The first-order chi connectivity index (χ1) is 18.2. The van der Waals surface area contributed by atoms with Gasteiger partial charge in [0.05, 0.1) is 15.8 Å².